The lowest BCUT2D eigenvalue weighted by molar-refractivity contribution is -0.152. The van der Waals surface area contributed by atoms with E-state index in [1.807, 2.05) is 13.8 Å². The van der Waals surface area contributed by atoms with Crippen molar-refractivity contribution in [1.82, 2.24) is 4.90 Å². The van der Waals surface area contributed by atoms with Crippen LogP contribution in [0.3, 0.4) is 0 Å². The standard InChI is InChI=1S/C15H19FN2O2/c1-4-18(5-2)14(19)15(3)10-13(17-20-15)11-6-8-12(16)9-7-11/h6-9H,4-5,10H2,1-3H3. The highest BCUT2D eigenvalue weighted by atomic mass is 19.1. The third-order valence-corrected chi connectivity index (χ3v) is 3.54. The SMILES string of the molecule is CCN(CC)C(=O)C1(C)CC(c2ccc(F)cc2)=NO1. The van der Waals surface area contributed by atoms with Crippen molar-refractivity contribution in [3.8, 4) is 0 Å². The molecule has 108 valence electrons. The molecule has 1 aliphatic rings. The number of nitrogens with zero attached hydrogens (tertiary/aromatic N) is 2. The Balaban J connectivity index is 2.13. The summed E-state index contributed by atoms with van der Waals surface area (Å²) < 4.78 is 12.9. The summed E-state index contributed by atoms with van der Waals surface area (Å²) in [5.74, 6) is -0.362. The highest BCUT2D eigenvalue weighted by Gasteiger charge is 2.44. The van der Waals surface area contributed by atoms with E-state index in [0.717, 1.165) is 5.56 Å². The normalized spacial score (nSPS) is 21.3. The van der Waals surface area contributed by atoms with Crippen LogP contribution in [-0.4, -0.2) is 35.2 Å². The van der Waals surface area contributed by atoms with E-state index in [1.165, 1.54) is 12.1 Å². The van der Waals surface area contributed by atoms with E-state index in [2.05, 4.69) is 5.16 Å². The zero-order chi connectivity index (χ0) is 14.8. The predicted molar refractivity (Wildman–Crippen MR) is 75.0 cm³/mol. The molecule has 2 rings (SSSR count). The van der Waals surface area contributed by atoms with Gasteiger partial charge in [-0.2, -0.15) is 0 Å². The molecule has 20 heavy (non-hydrogen) atoms. The molecule has 1 aliphatic heterocycles. The van der Waals surface area contributed by atoms with Crippen LogP contribution in [0, 0.1) is 5.82 Å². The van der Waals surface area contributed by atoms with Crippen molar-refractivity contribution >= 4 is 11.6 Å². The number of hydrogen-bond donors (Lipinski definition) is 0. The largest absolute Gasteiger partial charge is 0.379 e. The van der Waals surface area contributed by atoms with Gasteiger partial charge in [0, 0.05) is 19.5 Å². The minimum atomic E-state index is -0.963. The summed E-state index contributed by atoms with van der Waals surface area (Å²) in [6.07, 6.45) is 0.397. The Morgan fingerprint density at radius 3 is 2.50 bits per heavy atom. The molecule has 0 aromatic heterocycles. The fourth-order valence-electron chi connectivity index (χ4n) is 2.30. The van der Waals surface area contributed by atoms with Crippen molar-refractivity contribution in [3.05, 3.63) is 35.6 Å². The predicted octanol–water partition coefficient (Wildman–Crippen LogP) is 2.58. The van der Waals surface area contributed by atoms with Crippen molar-refractivity contribution in [2.45, 2.75) is 32.8 Å². The second-order valence-electron chi connectivity index (χ2n) is 5.02. The molecule has 0 fully saturated rings. The number of likely N-dealkylation sites (N-methyl/N-ethyl adjacent to an activating group) is 1. The lowest BCUT2D eigenvalue weighted by Gasteiger charge is -2.28. The van der Waals surface area contributed by atoms with Gasteiger partial charge in [-0.1, -0.05) is 17.3 Å². The Bertz CT molecular complexity index is 523. The summed E-state index contributed by atoms with van der Waals surface area (Å²) in [5.41, 5.74) is 0.492. The molecule has 0 saturated carbocycles. The van der Waals surface area contributed by atoms with E-state index in [1.54, 1.807) is 24.0 Å². The maximum atomic E-state index is 12.9. The Kier molecular flexibility index (Phi) is 4.06. The molecule has 0 radical (unpaired) electrons. The summed E-state index contributed by atoms with van der Waals surface area (Å²) in [4.78, 5) is 19.5. The highest BCUT2D eigenvalue weighted by molar-refractivity contribution is 6.05. The van der Waals surface area contributed by atoms with Gasteiger partial charge in [-0.15, -0.1) is 0 Å². The smallest absolute Gasteiger partial charge is 0.269 e. The molecular formula is C15H19FN2O2. The third kappa shape index (κ3) is 2.66. The second kappa shape index (κ2) is 5.61. The van der Waals surface area contributed by atoms with Gasteiger partial charge in [-0.3, -0.25) is 4.79 Å². The molecule has 1 heterocycles. The van der Waals surface area contributed by atoms with Crippen LogP contribution in [0.15, 0.2) is 29.4 Å². The van der Waals surface area contributed by atoms with Crippen LogP contribution < -0.4 is 0 Å². The second-order valence-corrected chi connectivity index (χ2v) is 5.02. The topological polar surface area (TPSA) is 41.9 Å². The summed E-state index contributed by atoms with van der Waals surface area (Å²) in [7, 11) is 0. The summed E-state index contributed by atoms with van der Waals surface area (Å²) >= 11 is 0. The minimum Gasteiger partial charge on any atom is -0.379 e. The third-order valence-electron chi connectivity index (χ3n) is 3.54. The zero-order valence-electron chi connectivity index (χ0n) is 12.0. The molecular weight excluding hydrogens is 259 g/mol. The van der Waals surface area contributed by atoms with Crippen LogP contribution >= 0.6 is 0 Å². The number of carbonyl (C=O) groups is 1. The number of halogens is 1. The molecule has 0 N–H and O–H groups in total. The van der Waals surface area contributed by atoms with E-state index >= 15 is 0 Å². The Morgan fingerprint density at radius 2 is 1.95 bits per heavy atom. The number of hydrogen-bond acceptors (Lipinski definition) is 3. The fraction of sp³-hybridized carbons (Fsp3) is 0.467. The zero-order valence-corrected chi connectivity index (χ0v) is 12.0. The first-order valence-corrected chi connectivity index (χ1v) is 6.80. The van der Waals surface area contributed by atoms with Gasteiger partial charge in [-0.05, 0) is 38.5 Å². The quantitative estimate of drug-likeness (QED) is 0.849. The number of amides is 1. The van der Waals surface area contributed by atoms with Crippen molar-refractivity contribution in [1.29, 1.82) is 0 Å². The molecule has 1 amide bonds. The molecule has 1 atom stereocenters. The summed E-state index contributed by atoms with van der Waals surface area (Å²) in [5, 5.41) is 4.01. The van der Waals surface area contributed by atoms with Crippen LogP contribution in [0.5, 0.6) is 0 Å². The van der Waals surface area contributed by atoms with E-state index in [0.29, 0.717) is 25.2 Å². The molecule has 0 spiro atoms. The first-order valence-electron chi connectivity index (χ1n) is 6.80. The maximum absolute atomic E-state index is 12.9. The van der Waals surface area contributed by atoms with Gasteiger partial charge in [0.2, 0.25) is 5.60 Å². The monoisotopic (exact) mass is 278 g/mol. The molecule has 1 unspecified atom stereocenters. The van der Waals surface area contributed by atoms with E-state index in [-0.39, 0.29) is 11.7 Å². The van der Waals surface area contributed by atoms with E-state index in [9.17, 15) is 9.18 Å². The van der Waals surface area contributed by atoms with Gasteiger partial charge in [0.05, 0.1) is 5.71 Å². The molecule has 4 nitrogen and oxygen atoms in total. The van der Waals surface area contributed by atoms with Crippen molar-refractivity contribution in [3.63, 3.8) is 0 Å². The lowest BCUT2D eigenvalue weighted by Crippen LogP contribution is -2.47. The fourth-order valence-corrected chi connectivity index (χ4v) is 2.30. The van der Waals surface area contributed by atoms with Gasteiger partial charge >= 0.3 is 0 Å². The van der Waals surface area contributed by atoms with Gasteiger partial charge in [0.15, 0.2) is 0 Å². The number of carbonyl (C=O) groups excluding carboxylic acids is 1. The van der Waals surface area contributed by atoms with Crippen molar-refractivity contribution < 1.29 is 14.0 Å². The molecule has 0 aliphatic carbocycles. The van der Waals surface area contributed by atoms with Crippen LogP contribution in [0.4, 0.5) is 4.39 Å². The van der Waals surface area contributed by atoms with Crippen LogP contribution in [0.1, 0.15) is 32.8 Å². The number of rotatable bonds is 4. The van der Waals surface area contributed by atoms with Crippen molar-refractivity contribution in [2.75, 3.05) is 13.1 Å². The van der Waals surface area contributed by atoms with Gasteiger partial charge in [0.25, 0.3) is 5.91 Å². The average Bonchev–Trinajstić information content (AvgIpc) is 2.85. The van der Waals surface area contributed by atoms with Crippen LogP contribution in [0.25, 0.3) is 0 Å². The minimum absolute atomic E-state index is 0.0663. The van der Waals surface area contributed by atoms with E-state index in [4.69, 9.17) is 4.84 Å². The maximum Gasteiger partial charge on any atom is 0.269 e. The van der Waals surface area contributed by atoms with E-state index < -0.39 is 5.60 Å². The summed E-state index contributed by atoms with van der Waals surface area (Å²) in [6.45, 7) is 6.89. The average molecular weight is 278 g/mol. The first kappa shape index (κ1) is 14.5. The molecule has 5 heteroatoms. The van der Waals surface area contributed by atoms with Gasteiger partial charge in [0.1, 0.15) is 5.82 Å². The number of oxime groups is 1. The molecule has 1 aromatic rings. The summed E-state index contributed by atoms with van der Waals surface area (Å²) in [6, 6.07) is 6.04. The molecule has 0 bridgehead atoms. The van der Waals surface area contributed by atoms with Crippen LogP contribution in [-0.2, 0) is 9.63 Å². The van der Waals surface area contributed by atoms with Crippen molar-refractivity contribution in [2.24, 2.45) is 5.16 Å². The van der Waals surface area contributed by atoms with Gasteiger partial charge in [-0.25, -0.2) is 4.39 Å². The van der Waals surface area contributed by atoms with Crippen LogP contribution in [0.2, 0.25) is 0 Å². The first-order chi connectivity index (χ1) is 9.50. The Hall–Kier alpha value is -1.91. The Morgan fingerprint density at radius 1 is 1.35 bits per heavy atom. The molecule has 1 aromatic carbocycles. The Labute approximate surface area is 118 Å². The highest BCUT2D eigenvalue weighted by Crippen LogP contribution is 2.28. The van der Waals surface area contributed by atoms with Gasteiger partial charge < -0.3 is 9.74 Å². The lowest BCUT2D eigenvalue weighted by atomic mass is 9.94. The number of benzene rings is 1. The molecule has 0 saturated heterocycles.